The molecule has 2 N–H and O–H groups in total. The van der Waals surface area contributed by atoms with Crippen molar-refractivity contribution in [3.05, 3.63) is 58.9 Å². The lowest BCUT2D eigenvalue weighted by Crippen LogP contribution is -2.29. The Labute approximate surface area is 129 Å². The van der Waals surface area contributed by atoms with Gasteiger partial charge in [-0.15, -0.1) is 0 Å². The van der Waals surface area contributed by atoms with Gasteiger partial charge in [0.05, 0.1) is 11.6 Å². The molecule has 0 bridgehead atoms. The first kappa shape index (κ1) is 15.8. The molecular weight excluding hydrogens is 280 g/mol. The molecule has 0 aliphatic heterocycles. The third kappa shape index (κ3) is 3.19. The first-order chi connectivity index (χ1) is 10.4. The molecule has 2 rings (SSSR count). The zero-order valence-electron chi connectivity index (χ0n) is 13.0. The quantitative estimate of drug-likeness (QED) is 0.891. The van der Waals surface area contributed by atoms with Gasteiger partial charge in [-0.25, -0.2) is 0 Å². The van der Waals surface area contributed by atoms with E-state index in [2.05, 4.69) is 16.8 Å². The summed E-state index contributed by atoms with van der Waals surface area (Å²) in [7, 11) is 0. The number of aryl methyl sites for hydroxylation is 1. The van der Waals surface area contributed by atoms with Crippen LogP contribution in [0.15, 0.2) is 36.4 Å². The van der Waals surface area contributed by atoms with Gasteiger partial charge >= 0.3 is 5.97 Å². The lowest BCUT2D eigenvalue weighted by Gasteiger charge is -2.19. The van der Waals surface area contributed by atoms with Gasteiger partial charge in [0, 0.05) is 11.4 Å². The molecule has 0 saturated carbocycles. The minimum Gasteiger partial charge on any atom is -0.480 e. The predicted octanol–water partition coefficient (Wildman–Crippen LogP) is 2.53. The van der Waals surface area contributed by atoms with Crippen LogP contribution in [0.4, 0.5) is 0 Å². The molecule has 0 aliphatic carbocycles. The Morgan fingerprint density at radius 1 is 1.23 bits per heavy atom. The van der Waals surface area contributed by atoms with Crippen molar-refractivity contribution in [1.82, 2.24) is 9.88 Å². The lowest BCUT2D eigenvalue weighted by atomic mass is 10.1. The highest BCUT2D eigenvalue weighted by Crippen LogP contribution is 2.25. The van der Waals surface area contributed by atoms with Crippen molar-refractivity contribution in [3.8, 4) is 0 Å². The van der Waals surface area contributed by atoms with E-state index < -0.39 is 5.97 Å². The fraction of sp³-hybridized carbons (Fsp3) is 0.294. The highest BCUT2D eigenvalue weighted by Gasteiger charge is 2.19. The van der Waals surface area contributed by atoms with Crippen LogP contribution in [0.3, 0.4) is 0 Å². The maximum atomic E-state index is 12.1. The summed E-state index contributed by atoms with van der Waals surface area (Å²) in [5.41, 5.74) is 3.47. The van der Waals surface area contributed by atoms with Crippen LogP contribution in [-0.4, -0.2) is 28.1 Å². The van der Waals surface area contributed by atoms with E-state index in [4.69, 9.17) is 5.11 Å². The molecule has 22 heavy (non-hydrogen) atoms. The van der Waals surface area contributed by atoms with Crippen molar-refractivity contribution >= 4 is 11.9 Å². The summed E-state index contributed by atoms with van der Waals surface area (Å²) in [6.45, 7) is 5.52. The van der Waals surface area contributed by atoms with E-state index >= 15 is 0 Å². The molecule has 5 heteroatoms. The number of nitrogens with zero attached hydrogens (tertiary/aromatic N) is 1. The fourth-order valence-electron chi connectivity index (χ4n) is 2.73. The highest BCUT2D eigenvalue weighted by molar-refractivity contribution is 5.97. The van der Waals surface area contributed by atoms with Crippen LogP contribution in [0.2, 0.25) is 0 Å². The van der Waals surface area contributed by atoms with Crippen LogP contribution >= 0.6 is 0 Å². The summed E-state index contributed by atoms with van der Waals surface area (Å²) < 4.78 is 2.09. The number of hydrogen-bond acceptors (Lipinski definition) is 2. The number of hydrogen-bond donors (Lipinski definition) is 2. The van der Waals surface area contributed by atoms with Gasteiger partial charge in [0.1, 0.15) is 6.54 Å². The van der Waals surface area contributed by atoms with E-state index in [0.29, 0.717) is 5.56 Å². The number of benzene rings is 1. The van der Waals surface area contributed by atoms with Crippen LogP contribution in [0.5, 0.6) is 0 Å². The van der Waals surface area contributed by atoms with Crippen LogP contribution in [0.25, 0.3) is 0 Å². The molecule has 0 spiro atoms. The molecule has 1 heterocycles. The zero-order valence-corrected chi connectivity index (χ0v) is 13.0. The van der Waals surface area contributed by atoms with Crippen molar-refractivity contribution in [1.29, 1.82) is 0 Å². The number of amides is 1. The summed E-state index contributed by atoms with van der Waals surface area (Å²) in [6, 6.07) is 11.9. The number of carbonyl (C=O) groups excluding carboxylic acids is 1. The molecule has 116 valence electrons. The maximum Gasteiger partial charge on any atom is 0.322 e. The van der Waals surface area contributed by atoms with E-state index in [0.717, 1.165) is 17.0 Å². The molecule has 1 unspecified atom stereocenters. The molecule has 1 aromatic carbocycles. The number of nitrogens with one attached hydrogen (secondary N) is 1. The second-order valence-corrected chi connectivity index (χ2v) is 5.32. The number of aliphatic carboxylic acids is 1. The summed E-state index contributed by atoms with van der Waals surface area (Å²) in [6.07, 6.45) is 0. The SMILES string of the molecule is Cc1cc(C(=O)NCC(=O)O)c(C)n1C(C)c1ccccc1. The van der Waals surface area contributed by atoms with Gasteiger partial charge in [-0.2, -0.15) is 0 Å². The Morgan fingerprint density at radius 3 is 2.45 bits per heavy atom. The monoisotopic (exact) mass is 300 g/mol. The minimum absolute atomic E-state index is 0.0993. The first-order valence-electron chi connectivity index (χ1n) is 7.15. The fourth-order valence-corrected chi connectivity index (χ4v) is 2.73. The molecule has 0 fully saturated rings. The van der Waals surface area contributed by atoms with Crippen molar-refractivity contribution in [2.24, 2.45) is 0 Å². The van der Waals surface area contributed by atoms with Gasteiger partial charge in [0.25, 0.3) is 5.91 Å². The third-order valence-electron chi connectivity index (χ3n) is 3.80. The summed E-state index contributed by atoms with van der Waals surface area (Å²) in [4.78, 5) is 22.7. The van der Waals surface area contributed by atoms with E-state index in [1.54, 1.807) is 6.07 Å². The standard InChI is InChI=1S/C17H20N2O3/c1-11-9-15(17(22)18-10-16(20)21)13(3)19(11)12(2)14-7-5-4-6-8-14/h4-9,12H,10H2,1-3H3,(H,18,22)(H,20,21). The molecule has 1 aromatic heterocycles. The first-order valence-corrected chi connectivity index (χ1v) is 7.15. The lowest BCUT2D eigenvalue weighted by molar-refractivity contribution is -0.135. The van der Waals surface area contributed by atoms with Crippen LogP contribution in [-0.2, 0) is 4.79 Å². The number of aromatic nitrogens is 1. The Balaban J connectivity index is 2.31. The summed E-state index contributed by atoms with van der Waals surface area (Å²) in [5.74, 6) is -1.41. The Kier molecular flexibility index (Phi) is 4.65. The van der Waals surface area contributed by atoms with Crippen LogP contribution in [0.1, 0.15) is 40.3 Å². The molecule has 5 nitrogen and oxygen atoms in total. The number of rotatable bonds is 5. The minimum atomic E-state index is -1.06. The van der Waals surface area contributed by atoms with Gasteiger partial charge in [-0.05, 0) is 32.4 Å². The second-order valence-electron chi connectivity index (χ2n) is 5.32. The Hall–Kier alpha value is -2.56. The topological polar surface area (TPSA) is 71.3 Å². The molecule has 0 saturated heterocycles. The zero-order chi connectivity index (χ0) is 16.3. The molecule has 1 amide bonds. The smallest absolute Gasteiger partial charge is 0.322 e. The van der Waals surface area contributed by atoms with Gasteiger partial charge in [-0.3, -0.25) is 9.59 Å². The van der Waals surface area contributed by atoms with Gasteiger partial charge in [0.2, 0.25) is 0 Å². The van der Waals surface area contributed by atoms with Gasteiger partial charge in [-0.1, -0.05) is 30.3 Å². The van der Waals surface area contributed by atoms with Crippen molar-refractivity contribution < 1.29 is 14.7 Å². The van der Waals surface area contributed by atoms with Crippen LogP contribution in [0, 0.1) is 13.8 Å². The molecule has 0 radical (unpaired) electrons. The molecule has 0 aliphatic rings. The summed E-state index contributed by atoms with van der Waals surface area (Å²) >= 11 is 0. The Morgan fingerprint density at radius 2 is 1.86 bits per heavy atom. The predicted molar refractivity (Wildman–Crippen MR) is 84.1 cm³/mol. The largest absolute Gasteiger partial charge is 0.480 e. The van der Waals surface area contributed by atoms with E-state index in [9.17, 15) is 9.59 Å². The average Bonchev–Trinajstić information content (AvgIpc) is 2.80. The maximum absolute atomic E-state index is 12.1. The second kappa shape index (κ2) is 6.47. The van der Waals surface area contributed by atoms with Crippen LogP contribution < -0.4 is 5.32 Å². The van der Waals surface area contributed by atoms with Crippen molar-refractivity contribution in [2.75, 3.05) is 6.54 Å². The summed E-state index contributed by atoms with van der Waals surface area (Å²) in [5, 5.41) is 11.1. The van der Waals surface area contributed by atoms with E-state index in [1.807, 2.05) is 44.2 Å². The van der Waals surface area contributed by atoms with Crippen molar-refractivity contribution in [3.63, 3.8) is 0 Å². The average molecular weight is 300 g/mol. The molecule has 1 atom stereocenters. The molecule has 2 aromatic rings. The highest BCUT2D eigenvalue weighted by atomic mass is 16.4. The number of carboxylic acids is 1. The Bertz CT molecular complexity index is 689. The van der Waals surface area contributed by atoms with E-state index in [1.165, 1.54) is 0 Å². The van der Waals surface area contributed by atoms with E-state index in [-0.39, 0.29) is 18.5 Å². The van der Waals surface area contributed by atoms with Gasteiger partial charge < -0.3 is 15.0 Å². The number of carboxylic acid groups (broad SMARTS) is 1. The molecular formula is C17H20N2O3. The normalized spacial score (nSPS) is 12.0. The van der Waals surface area contributed by atoms with Crippen molar-refractivity contribution in [2.45, 2.75) is 26.8 Å². The van der Waals surface area contributed by atoms with Gasteiger partial charge in [0.15, 0.2) is 0 Å². The third-order valence-corrected chi connectivity index (χ3v) is 3.80. The number of carbonyl (C=O) groups is 2.